The van der Waals surface area contributed by atoms with Gasteiger partial charge in [0.2, 0.25) is 5.78 Å². The normalized spacial score (nSPS) is 22.1. The second-order valence-electron chi connectivity index (χ2n) is 6.28. The van der Waals surface area contributed by atoms with Crippen molar-refractivity contribution in [1.29, 1.82) is 0 Å². The van der Waals surface area contributed by atoms with Gasteiger partial charge in [0.15, 0.2) is 11.6 Å². The summed E-state index contributed by atoms with van der Waals surface area (Å²) in [5, 5.41) is 8.40. The van der Waals surface area contributed by atoms with E-state index >= 15 is 0 Å². The van der Waals surface area contributed by atoms with Crippen molar-refractivity contribution < 1.29 is 19.1 Å². The van der Waals surface area contributed by atoms with Gasteiger partial charge in [-0.1, -0.05) is 41.9 Å². The van der Waals surface area contributed by atoms with Gasteiger partial charge in [0.1, 0.15) is 5.69 Å². The van der Waals surface area contributed by atoms with Crippen molar-refractivity contribution in [2.75, 3.05) is 11.5 Å². The smallest absolute Gasteiger partial charge is 0.334 e. The Labute approximate surface area is 167 Å². The maximum absolute atomic E-state index is 12.8. The van der Waals surface area contributed by atoms with Gasteiger partial charge in [-0.25, -0.2) is 4.79 Å². The topological polar surface area (TPSA) is 88.4 Å². The van der Waals surface area contributed by atoms with E-state index in [0.29, 0.717) is 16.4 Å². The maximum atomic E-state index is 12.8. The number of nitrogens with zero attached hydrogens (tertiary/aromatic N) is 3. The number of anilines is 1. The number of ketones is 1. The lowest BCUT2D eigenvalue weighted by molar-refractivity contribution is -0.150. The first kappa shape index (κ1) is 19.7. The lowest BCUT2D eigenvalue weighted by atomic mass is 9.93. The summed E-state index contributed by atoms with van der Waals surface area (Å²) in [7, 11) is 0. The number of azo groups is 1. The first-order valence-electron chi connectivity index (χ1n) is 8.67. The largest absolute Gasteiger partial charge is 0.464 e. The molecule has 1 heterocycles. The highest BCUT2D eigenvalue weighted by Crippen LogP contribution is 2.37. The molecule has 8 heteroatoms. The molecule has 2 aromatic rings. The number of ether oxygens (including phenoxy) is 1. The highest BCUT2D eigenvalue weighted by molar-refractivity contribution is 6.48. The lowest BCUT2D eigenvalue weighted by Crippen LogP contribution is -2.56. The zero-order valence-corrected chi connectivity index (χ0v) is 16.1. The van der Waals surface area contributed by atoms with Crippen LogP contribution in [0.2, 0.25) is 5.02 Å². The van der Waals surface area contributed by atoms with Crippen LogP contribution in [0.3, 0.4) is 0 Å². The van der Waals surface area contributed by atoms with Crippen molar-refractivity contribution in [2.24, 2.45) is 10.2 Å². The Morgan fingerprint density at radius 1 is 1.14 bits per heavy atom. The molecule has 0 aromatic heterocycles. The van der Waals surface area contributed by atoms with E-state index < -0.39 is 29.2 Å². The molecule has 1 aliphatic rings. The number of hydrogen-bond donors (Lipinski definition) is 0. The van der Waals surface area contributed by atoms with Crippen LogP contribution in [0.5, 0.6) is 0 Å². The Bertz CT molecular complexity index is 947. The number of hydrogen-bond acceptors (Lipinski definition) is 6. The number of esters is 1. The minimum atomic E-state index is -1.67. The predicted octanol–water partition coefficient (Wildman–Crippen LogP) is 3.73. The second kappa shape index (κ2) is 7.90. The van der Waals surface area contributed by atoms with Gasteiger partial charge >= 0.3 is 5.97 Å². The number of rotatable bonds is 5. The van der Waals surface area contributed by atoms with Crippen LogP contribution in [0.15, 0.2) is 64.8 Å². The van der Waals surface area contributed by atoms with Crippen LogP contribution in [0, 0.1) is 0 Å². The van der Waals surface area contributed by atoms with E-state index in [1.54, 1.807) is 61.5 Å². The highest BCUT2D eigenvalue weighted by Gasteiger charge is 2.62. The van der Waals surface area contributed by atoms with Crippen LogP contribution < -0.4 is 4.90 Å². The van der Waals surface area contributed by atoms with E-state index in [1.165, 1.54) is 6.92 Å². The van der Waals surface area contributed by atoms with E-state index in [4.69, 9.17) is 16.3 Å². The molecule has 0 bridgehead atoms. The summed E-state index contributed by atoms with van der Waals surface area (Å²) in [5.41, 5.74) is -0.948. The summed E-state index contributed by atoms with van der Waals surface area (Å²) in [6, 6.07) is 13.8. The number of amides is 1. The van der Waals surface area contributed by atoms with Crippen molar-refractivity contribution >= 4 is 40.6 Å². The van der Waals surface area contributed by atoms with Crippen LogP contribution in [0.25, 0.3) is 0 Å². The number of benzene rings is 2. The SMILES string of the molecule is CCOC(=O)C1(C)C(N=Nc2ccccc2Cl)C(=O)C(=O)N1c1ccccc1. The molecule has 2 unspecified atom stereocenters. The number of Topliss-reactive ketones (excluding diaryl/α,β-unsaturated/α-hetero) is 1. The summed E-state index contributed by atoms with van der Waals surface area (Å²) in [4.78, 5) is 39.5. The minimum absolute atomic E-state index is 0.0911. The van der Waals surface area contributed by atoms with Crippen LogP contribution in [0.1, 0.15) is 13.8 Å². The fourth-order valence-corrected chi connectivity index (χ4v) is 3.25. The molecule has 3 rings (SSSR count). The molecule has 0 saturated carbocycles. The van der Waals surface area contributed by atoms with Crippen molar-refractivity contribution in [3.63, 3.8) is 0 Å². The molecule has 0 N–H and O–H groups in total. The summed E-state index contributed by atoms with van der Waals surface area (Å²) >= 11 is 6.08. The minimum Gasteiger partial charge on any atom is -0.464 e. The molecule has 1 amide bonds. The van der Waals surface area contributed by atoms with Gasteiger partial charge in [0, 0.05) is 5.69 Å². The third-order valence-electron chi connectivity index (χ3n) is 4.50. The van der Waals surface area contributed by atoms with Crippen LogP contribution in [0.4, 0.5) is 11.4 Å². The van der Waals surface area contributed by atoms with E-state index in [-0.39, 0.29) is 6.61 Å². The Morgan fingerprint density at radius 2 is 1.79 bits per heavy atom. The van der Waals surface area contributed by atoms with Crippen LogP contribution >= 0.6 is 11.6 Å². The fourth-order valence-electron chi connectivity index (χ4n) is 3.08. The third-order valence-corrected chi connectivity index (χ3v) is 4.82. The third kappa shape index (κ3) is 3.29. The van der Waals surface area contributed by atoms with E-state index in [2.05, 4.69) is 10.2 Å². The van der Waals surface area contributed by atoms with E-state index in [1.807, 2.05) is 0 Å². The van der Waals surface area contributed by atoms with Crippen LogP contribution in [-0.2, 0) is 19.1 Å². The molecule has 0 radical (unpaired) electrons. The quantitative estimate of drug-likeness (QED) is 0.435. The lowest BCUT2D eigenvalue weighted by Gasteiger charge is -2.33. The Kier molecular flexibility index (Phi) is 5.56. The number of para-hydroxylation sites is 1. The molecule has 0 aliphatic carbocycles. The highest BCUT2D eigenvalue weighted by atomic mass is 35.5. The molecule has 1 saturated heterocycles. The second-order valence-corrected chi connectivity index (χ2v) is 6.68. The van der Waals surface area contributed by atoms with Gasteiger partial charge in [-0.2, -0.15) is 10.2 Å². The molecule has 2 aromatic carbocycles. The molecule has 0 spiro atoms. The molecule has 1 aliphatic heterocycles. The van der Waals surface area contributed by atoms with Crippen molar-refractivity contribution in [3.8, 4) is 0 Å². The molecule has 28 heavy (non-hydrogen) atoms. The van der Waals surface area contributed by atoms with Crippen molar-refractivity contribution in [3.05, 3.63) is 59.6 Å². The van der Waals surface area contributed by atoms with Crippen molar-refractivity contribution in [2.45, 2.75) is 25.4 Å². The van der Waals surface area contributed by atoms with Gasteiger partial charge in [0.05, 0.1) is 11.6 Å². The Hall–Kier alpha value is -3.06. The Balaban J connectivity index is 2.09. The maximum Gasteiger partial charge on any atom is 0.334 e. The van der Waals surface area contributed by atoms with Gasteiger partial charge in [-0.15, -0.1) is 0 Å². The van der Waals surface area contributed by atoms with Gasteiger partial charge in [-0.3, -0.25) is 14.5 Å². The standard InChI is InChI=1S/C20H18ClN3O4/c1-3-28-19(27)20(2)17(23-22-15-12-8-7-11-14(15)21)16(25)18(26)24(20)13-9-5-4-6-10-13/h4-12,17H,3H2,1-2H3. The summed E-state index contributed by atoms with van der Waals surface area (Å²) in [6.07, 6.45) is 0. The van der Waals surface area contributed by atoms with Gasteiger partial charge in [-0.05, 0) is 38.1 Å². The molecule has 7 nitrogen and oxygen atoms in total. The van der Waals surface area contributed by atoms with Gasteiger partial charge in [0.25, 0.3) is 5.91 Å². The molecule has 2 atom stereocenters. The molecular formula is C20H18ClN3O4. The zero-order valence-electron chi connectivity index (χ0n) is 15.3. The fraction of sp³-hybridized carbons (Fsp3) is 0.250. The summed E-state index contributed by atoms with van der Waals surface area (Å²) < 4.78 is 5.17. The number of halogens is 1. The summed E-state index contributed by atoms with van der Waals surface area (Å²) in [6.45, 7) is 3.19. The van der Waals surface area contributed by atoms with Gasteiger partial charge < -0.3 is 4.74 Å². The first-order valence-corrected chi connectivity index (χ1v) is 9.05. The summed E-state index contributed by atoms with van der Waals surface area (Å²) in [5.74, 6) is -2.42. The number of carbonyl (C=O) groups excluding carboxylic acids is 3. The van der Waals surface area contributed by atoms with Crippen LogP contribution in [-0.4, -0.2) is 35.8 Å². The average molecular weight is 400 g/mol. The Morgan fingerprint density at radius 3 is 2.43 bits per heavy atom. The number of carbonyl (C=O) groups is 3. The van der Waals surface area contributed by atoms with Crippen molar-refractivity contribution in [1.82, 2.24) is 0 Å². The molecular weight excluding hydrogens is 382 g/mol. The van der Waals surface area contributed by atoms with E-state index in [9.17, 15) is 14.4 Å². The van der Waals surface area contributed by atoms with E-state index in [0.717, 1.165) is 4.90 Å². The monoisotopic (exact) mass is 399 g/mol. The predicted molar refractivity (Wildman–Crippen MR) is 104 cm³/mol. The molecule has 144 valence electrons. The first-order chi connectivity index (χ1) is 13.4. The average Bonchev–Trinajstić information content (AvgIpc) is 2.89. The zero-order chi connectivity index (χ0) is 20.3. The molecule has 1 fully saturated rings.